The second kappa shape index (κ2) is 5.53. The Labute approximate surface area is 97.0 Å². The van der Waals surface area contributed by atoms with Crippen LogP contribution in [0.25, 0.3) is 0 Å². The van der Waals surface area contributed by atoms with Crippen LogP contribution in [0.4, 0.5) is 5.69 Å². The number of nitriles is 1. The van der Waals surface area contributed by atoms with Crippen molar-refractivity contribution in [2.24, 2.45) is 0 Å². The molecule has 1 aromatic rings. The van der Waals surface area contributed by atoms with Crippen molar-refractivity contribution in [1.82, 2.24) is 0 Å². The Kier molecular flexibility index (Phi) is 4.33. The predicted molar refractivity (Wildman–Crippen MR) is 65.2 cm³/mol. The normalized spacial score (nSPS) is 12.9. The van der Waals surface area contributed by atoms with E-state index in [9.17, 15) is 0 Å². The van der Waals surface area contributed by atoms with Gasteiger partial charge in [-0.25, -0.2) is 0 Å². The van der Waals surface area contributed by atoms with Crippen molar-refractivity contribution < 1.29 is 4.74 Å². The molecule has 0 heterocycles. The van der Waals surface area contributed by atoms with Crippen molar-refractivity contribution in [2.75, 3.05) is 12.4 Å². The van der Waals surface area contributed by atoms with Crippen LogP contribution in [0.5, 0.6) is 0 Å². The van der Waals surface area contributed by atoms with Gasteiger partial charge in [-0.05, 0) is 26.0 Å². The maximum absolute atomic E-state index is 9.08. The monoisotopic (exact) mass is 218 g/mol. The molecule has 0 aromatic heterocycles. The number of para-hydroxylation sites is 1. The number of nitrogens with one attached hydrogen (secondary N) is 1. The van der Waals surface area contributed by atoms with Crippen LogP contribution in [0.3, 0.4) is 0 Å². The number of ether oxygens (including phenoxy) is 1. The summed E-state index contributed by atoms with van der Waals surface area (Å²) < 4.78 is 5.32. The first-order chi connectivity index (χ1) is 7.57. The Morgan fingerprint density at radius 2 is 2.00 bits per heavy atom. The van der Waals surface area contributed by atoms with Gasteiger partial charge in [0.25, 0.3) is 0 Å². The van der Waals surface area contributed by atoms with Crippen LogP contribution < -0.4 is 5.32 Å². The van der Waals surface area contributed by atoms with Gasteiger partial charge in [-0.2, -0.15) is 5.26 Å². The second-order valence-corrected chi connectivity index (χ2v) is 4.36. The first kappa shape index (κ1) is 12.5. The van der Waals surface area contributed by atoms with Crippen molar-refractivity contribution in [3.05, 3.63) is 30.3 Å². The van der Waals surface area contributed by atoms with E-state index >= 15 is 0 Å². The van der Waals surface area contributed by atoms with E-state index in [4.69, 9.17) is 10.00 Å². The number of hydrogen-bond donors (Lipinski definition) is 1. The smallest absolute Gasteiger partial charge is 0.117 e. The molecule has 1 N–H and O–H groups in total. The molecule has 3 heteroatoms. The molecule has 16 heavy (non-hydrogen) atoms. The van der Waals surface area contributed by atoms with Crippen molar-refractivity contribution in [1.29, 1.82) is 5.26 Å². The molecule has 0 amide bonds. The van der Waals surface area contributed by atoms with Crippen molar-refractivity contribution >= 4 is 5.69 Å². The minimum atomic E-state index is -0.290. The second-order valence-electron chi connectivity index (χ2n) is 4.36. The largest absolute Gasteiger partial charge is 0.379 e. The lowest BCUT2D eigenvalue weighted by molar-refractivity contribution is 0.0148. The van der Waals surface area contributed by atoms with Crippen LogP contribution >= 0.6 is 0 Å². The van der Waals surface area contributed by atoms with Crippen LogP contribution in [0.1, 0.15) is 20.3 Å². The summed E-state index contributed by atoms with van der Waals surface area (Å²) in [6.07, 6.45) is 0.648. The zero-order valence-corrected chi connectivity index (χ0v) is 10.0. The van der Waals surface area contributed by atoms with Crippen molar-refractivity contribution in [2.45, 2.75) is 31.9 Å². The summed E-state index contributed by atoms with van der Waals surface area (Å²) in [5.41, 5.74) is 0.670. The van der Waals surface area contributed by atoms with Gasteiger partial charge in [0.15, 0.2) is 0 Å². The van der Waals surface area contributed by atoms with Gasteiger partial charge >= 0.3 is 0 Å². The summed E-state index contributed by atoms with van der Waals surface area (Å²) in [7, 11) is 1.66. The molecule has 0 saturated carbocycles. The molecule has 1 unspecified atom stereocenters. The third-order valence-corrected chi connectivity index (χ3v) is 2.52. The average molecular weight is 218 g/mol. The Bertz CT molecular complexity index is 354. The predicted octanol–water partition coefficient (Wildman–Crippen LogP) is 2.81. The van der Waals surface area contributed by atoms with Gasteiger partial charge in [0, 0.05) is 19.2 Å². The first-order valence-electron chi connectivity index (χ1n) is 5.34. The lowest BCUT2D eigenvalue weighted by Crippen LogP contribution is -2.32. The maximum Gasteiger partial charge on any atom is 0.117 e. The number of rotatable bonds is 5. The van der Waals surface area contributed by atoms with Gasteiger partial charge in [-0.1, -0.05) is 18.2 Å². The van der Waals surface area contributed by atoms with Gasteiger partial charge in [0.1, 0.15) is 6.04 Å². The molecule has 86 valence electrons. The number of benzene rings is 1. The third kappa shape index (κ3) is 3.92. The molecule has 0 spiro atoms. The van der Waals surface area contributed by atoms with Gasteiger partial charge < -0.3 is 10.1 Å². The first-order valence-corrected chi connectivity index (χ1v) is 5.34. The number of nitrogens with zero attached hydrogens (tertiary/aromatic N) is 1. The highest BCUT2D eigenvalue weighted by molar-refractivity contribution is 5.44. The molecule has 0 radical (unpaired) electrons. The maximum atomic E-state index is 9.08. The van der Waals surface area contributed by atoms with Gasteiger partial charge in [0.2, 0.25) is 0 Å². The summed E-state index contributed by atoms with van der Waals surface area (Å²) in [5, 5.41) is 12.3. The zero-order valence-electron chi connectivity index (χ0n) is 10.0. The Balaban J connectivity index is 2.61. The molecule has 3 nitrogen and oxygen atoms in total. The number of hydrogen-bond acceptors (Lipinski definition) is 3. The molecule has 1 atom stereocenters. The molecule has 1 aromatic carbocycles. The van der Waals surface area contributed by atoms with Crippen LogP contribution in [0.2, 0.25) is 0 Å². The standard InChI is InChI=1S/C13H18N2O/c1-13(2,16-3)9-12(10-14)15-11-7-5-4-6-8-11/h4-8,12,15H,9H2,1-3H3. The Morgan fingerprint density at radius 1 is 1.38 bits per heavy atom. The fraction of sp³-hybridized carbons (Fsp3) is 0.462. The quantitative estimate of drug-likeness (QED) is 0.826. The fourth-order valence-corrected chi connectivity index (χ4v) is 1.44. The fourth-order valence-electron chi connectivity index (χ4n) is 1.44. The van der Waals surface area contributed by atoms with E-state index in [1.54, 1.807) is 7.11 Å². The SMILES string of the molecule is COC(C)(C)CC(C#N)Nc1ccccc1. The Hall–Kier alpha value is -1.53. The molecule has 0 aliphatic carbocycles. The van der Waals surface area contributed by atoms with Crippen molar-refractivity contribution in [3.63, 3.8) is 0 Å². The number of methoxy groups -OCH3 is 1. The molecule has 0 aliphatic rings. The minimum Gasteiger partial charge on any atom is -0.379 e. The minimum absolute atomic E-state index is 0.239. The van der Waals surface area contributed by atoms with Gasteiger partial charge in [0.05, 0.1) is 11.7 Å². The summed E-state index contributed by atoms with van der Waals surface area (Å²) >= 11 is 0. The highest BCUT2D eigenvalue weighted by Crippen LogP contribution is 2.18. The summed E-state index contributed by atoms with van der Waals surface area (Å²) in [6, 6.07) is 11.7. The molecule has 0 bridgehead atoms. The highest BCUT2D eigenvalue weighted by atomic mass is 16.5. The lowest BCUT2D eigenvalue weighted by Gasteiger charge is -2.26. The van der Waals surface area contributed by atoms with Crippen LogP contribution in [0, 0.1) is 11.3 Å². The van der Waals surface area contributed by atoms with Crippen LogP contribution in [-0.2, 0) is 4.74 Å². The zero-order chi connectivity index (χ0) is 12.0. The number of anilines is 1. The van der Waals surface area contributed by atoms with Gasteiger partial charge in [-0.15, -0.1) is 0 Å². The third-order valence-electron chi connectivity index (χ3n) is 2.52. The van der Waals surface area contributed by atoms with E-state index in [-0.39, 0.29) is 11.6 Å². The van der Waals surface area contributed by atoms with Gasteiger partial charge in [-0.3, -0.25) is 0 Å². The van der Waals surface area contributed by atoms with E-state index in [0.717, 1.165) is 5.69 Å². The summed E-state index contributed by atoms with van der Waals surface area (Å²) in [6.45, 7) is 3.95. The van der Waals surface area contributed by atoms with E-state index in [0.29, 0.717) is 6.42 Å². The van der Waals surface area contributed by atoms with E-state index < -0.39 is 0 Å². The Morgan fingerprint density at radius 3 is 2.50 bits per heavy atom. The average Bonchev–Trinajstić information content (AvgIpc) is 2.29. The summed E-state index contributed by atoms with van der Waals surface area (Å²) in [5.74, 6) is 0. The highest BCUT2D eigenvalue weighted by Gasteiger charge is 2.22. The van der Waals surface area contributed by atoms with Crippen molar-refractivity contribution in [3.8, 4) is 6.07 Å². The summed E-state index contributed by atoms with van der Waals surface area (Å²) in [4.78, 5) is 0. The van der Waals surface area contributed by atoms with Crippen LogP contribution in [-0.4, -0.2) is 18.8 Å². The lowest BCUT2D eigenvalue weighted by atomic mass is 9.99. The van der Waals surface area contributed by atoms with E-state index in [2.05, 4.69) is 11.4 Å². The van der Waals surface area contributed by atoms with Crippen LogP contribution in [0.15, 0.2) is 30.3 Å². The molecular formula is C13H18N2O. The molecule has 0 fully saturated rings. The molecule has 0 aliphatic heterocycles. The topological polar surface area (TPSA) is 45.0 Å². The molecule has 1 rings (SSSR count). The van der Waals surface area contributed by atoms with E-state index in [1.807, 2.05) is 44.2 Å². The molecular weight excluding hydrogens is 200 g/mol. The molecule has 0 saturated heterocycles. The van der Waals surface area contributed by atoms with E-state index in [1.165, 1.54) is 0 Å².